The average molecular weight is 364 g/mol. The van der Waals surface area contributed by atoms with E-state index < -0.39 is 0 Å². The quantitative estimate of drug-likeness (QED) is 0.271. The van der Waals surface area contributed by atoms with Gasteiger partial charge >= 0.3 is 0 Å². The highest BCUT2D eigenvalue weighted by Gasteiger charge is 2.25. The molecular formula is C24H45NO. The fraction of sp³-hybridized carbons (Fsp3) is 0.958. The van der Waals surface area contributed by atoms with Crippen LogP contribution in [0.1, 0.15) is 129 Å². The van der Waals surface area contributed by atoms with Gasteiger partial charge in [0.1, 0.15) is 6.61 Å². The topological polar surface area (TPSA) is 21.6 Å². The smallest absolute Gasteiger partial charge is 0.183 e. The van der Waals surface area contributed by atoms with Crippen molar-refractivity contribution in [3.05, 3.63) is 0 Å². The van der Waals surface area contributed by atoms with Crippen molar-refractivity contribution in [2.24, 2.45) is 10.9 Å². The summed E-state index contributed by atoms with van der Waals surface area (Å²) in [5.41, 5.74) is 0.0191. The summed E-state index contributed by atoms with van der Waals surface area (Å²) in [5.74, 6) is 2.10. The first-order valence-corrected chi connectivity index (χ1v) is 11.9. The average Bonchev–Trinajstić information content (AvgIpc) is 3.24. The number of hydrogen-bond acceptors (Lipinski definition) is 2. The Bertz CT molecular complexity index is 382. The highest BCUT2D eigenvalue weighted by atomic mass is 16.5. The zero-order valence-corrected chi connectivity index (χ0v) is 17.9. The van der Waals surface area contributed by atoms with E-state index in [0.717, 1.165) is 24.8 Å². The molecule has 1 aliphatic heterocycles. The Balaban J connectivity index is 1.25. The third-order valence-electron chi connectivity index (χ3n) is 6.25. The lowest BCUT2D eigenvalue weighted by atomic mass is 9.99. The first kappa shape index (κ1) is 21.8. The first-order chi connectivity index (χ1) is 12.7. The zero-order chi connectivity index (χ0) is 18.5. The van der Waals surface area contributed by atoms with Crippen molar-refractivity contribution in [3.63, 3.8) is 0 Å². The predicted molar refractivity (Wildman–Crippen MR) is 114 cm³/mol. The molecule has 26 heavy (non-hydrogen) atoms. The molecule has 0 spiro atoms. The van der Waals surface area contributed by atoms with Gasteiger partial charge in [-0.2, -0.15) is 0 Å². The molecule has 2 nitrogen and oxygen atoms in total. The summed E-state index contributed by atoms with van der Waals surface area (Å²) < 4.78 is 5.65. The van der Waals surface area contributed by atoms with Crippen molar-refractivity contribution in [1.29, 1.82) is 0 Å². The normalized spacial score (nSPS) is 19.7. The van der Waals surface area contributed by atoms with Crippen LogP contribution in [0.4, 0.5) is 0 Å². The molecule has 0 aromatic heterocycles. The van der Waals surface area contributed by atoms with Gasteiger partial charge in [-0.1, -0.05) is 103 Å². The molecule has 0 bridgehead atoms. The van der Waals surface area contributed by atoms with E-state index in [1.165, 1.54) is 109 Å². The van der Waals surface area contributed by atoms with Crippen molar-refractivity contribution in [1.82, 2.24) is 0 Å². The molecule has 2 heteroatoms. The van der Waals surface area contributed by atoms with Crippen LogP contribution in [-0.2, 0) is 4.74 Å². The number of hydrogen-bond donors (Lipinski definition) is 0. The molecule has 1 aliphatic carbocycles. The number of rotatable bonds is 15. The van der Waals surface area contributed by atoms with Crippen LogP contribution in [0.5, 0.6) is 0 Å². The molecule has 0 aromatic rings. The summed E-state index contributed by atoms with van der Waals surface area (Å²) in [7, 11) is 0. The second-order valence-electron chi connectivity index (χ2n) is 9.54. The van der Waals surface area contributed by atoms with Crippen molar-refractivity contribution < 1.29 is 4.74 Å². The largest absolute Gasteiger partial charge is 0.478 e. The summed E-state index contributed by atoms with van der Waals surface area (Å²) in [6, 6.07) is 0. The van der Waals surface area contributed by atoms with Gasteiger partial charge in [-0.15, -0.1) is 0 Å². The van der Waals surface area contributed by atoms with Crippen LogP contribution in [0, 0.1) is 5.92 Å². The van der Waals surface area contributed by atoms with Crippen LogP contribution in [0.2, 0.25) is 0 Å². The Morgan fingerprint density at radius 3 is 1.77 bits per heavy atom. The second-order valence-corrected chi connectivity index (χ2v) is 9.54. The molecule has 1 fully saturated rings. The molecule has 0 unspecified atom stereocenters. The van der Waals surface area contributed by atoms with E-state index in [4.69, 9.17) is 4.74 Å². The number of nitrogens with zero attached hydrogens (tertiary/aromatic N) is 1. The van der Waals surface area contributed by atoms with Crippen LogP contribution in [0.3, 0.4) is 0 Å². The van der Waals surface area contributed by atoms with Crippen LogP contribution in [-0.4, -0.2) is 18.0 Å². The van der Waals surface area contributed by atoms with E-state index in [1.54, 1.807) is 0 Å². The molecule has 0 radical (unpaired) electrons. The Hall–Kier alpha value is -0.530. The Morgan fingerprint density at radius 1 is 0.769 bits per heavy atom. The van der Waals surface area contributed by atoms with E-state index in [9.17, 15) is 0 Å². The van der Waals surface area contributed by atoms with Gasteiger partial charge in [0.25, 0.3) is 0 Å². The van der Waals surface area contributed by atoms with Gasteiger partial charge in [-0.25, -0.2) is 4.99 Å². The number of unbranched alkanes of at least 4 members (excludes halogenated alkanes) is 11. The summed E-state index contributed by atoms with van der Waals surface area (Å²) in [6.45, 7) is 5.07. The number of ether oxygens (including phenoxy) is 1. The minimum absolute atomic E-state index is 0.0191. The van der Waals surface area contributed by atoms with Gasteiger partial charge in [0.2, 0.25) is 0 Å². The van der Waals surface area contributed by atoms with Gasteiger partial charge in [0.05, 0.1) is 5.54 Å². The minimum atomic E-state index is 0.0191. The van der Waals surface area contributed by atoms with Gasteiger partial charge in [-0.3, -0.25) is 0 Å². The van der Waals surface area contributed by atoms with E-state index in [0.29, 0.717) is 0 Å². The Kier molecular flexibility index (Phi) is 10.7. The van der Waals surface area contributed by atoms with E-state index in [1.807, 2.05) is 0 Å². The number of aliphatic imine (C=N–C) groups is 1. The predicted octanol–water partition coefficient (Wildman–Crippen LogP) is 7.85. The molecule has 2 rings (SSSR count). The maximum Gasteiger partial charge on any atom is 0.183 e. The second kappa shape index (κ2) is 12.8. The summed E-state index contributed by atoms with van der Waals surface area (Å²) >= 11 is 0. The monoisotopic (exact) mass is 363 g/mol. The van der Waals surface area contributed by atoms with Crippen LogP contribution >= 0.6 is 0 Å². The summed E-state index contributed by atoms with van der Waals surface area (Å²) in [5, 5.41) is 0. The van der Waals surface area contributed by atoms with Gasteiger partial charge in [-0.05, 0) is 26.2 Å². The third kappa shape index (κ3) is 9.97. The molecule has 1 saturated carbocycles. The molecule has 0 aromatic carbocycles. The van der Waals surface area contributed by atoms with Crippen LogP contribution in [0.15, 0.2) is 4.99 Å². The van der Waals surface area contributed by atoms with E-state index in [2.05, 4.69) is 18.8 Å². The fourth-order valence-corrected chi connectivity index (χ4v) is 4.57. The maximum absolute atomic E-state index is 5.65. The van der Waals surface area contributed by atoms with Crippen LogP contribution < -0.4 is 0 Å². The van der Waals surface area contributed by atoms with Crippen molar-refractivity contribution in [2.45, 2.75) is 135 Å². The molecule has 1 heterocycles. The SMILES string of the molecule is CC1(C)COC(CCCCCCCCCCCCCCC2CCCC2)=N1. The van der Waals surface area contributed by atoms with Gasteiger partial charge in [0, 0.05) is 6.42 Å². The highest BCUT2D eigenvalue weighted by molar-refractivity contribution is 5.78. The van der Waals surface area contributed by atoms with Crippen LogP contribution in [0.25, 0.3) is 0 Å². The van der Waals surface area contributed by atoms with Gasteiger partial charge < -0.3 is 4.74 Å². The molecule has 0 saturated heterocycles. The lowest BCUT2D eigenvalue weighted by Gasteiger charge is -2.08. The van der Waals surface area contributed by atoms with Gasteiger partial charge in [0.15, 0.2) is 5.90 Å². The summed E-state index contributed by atoms with van der Waals surface area (Å²) in [6.07, 6.45) is 25.8. The Labute approximate surface area is 163 Å². The zero-order valence-electron chi connectivity index (χ0n) is 17.9. The standard InChI is InChI=1S/C24H45NO/c1-24(2)21-26-23(25-24)20-14-12-10-8-6-4-3-5-7-9-11-13-17-22-18-15-16-19-22/h22H,3-21H2,1-2H3. The van der Waals surface area contributed by atoms with Crippen molar-refractivity contribution >= 4 is 5.90 Å². The van der Waals surface area contributed by atoms with Crippen molar-refractivity contribution in [3.8, 4) is 0 Å². The summed E-state index contributed by atoms with van der Waals surface area (Å²) in [4.78, 5) is 4.63. The highest BCUT2D eigenvalue weighted by Crippen LogP contribution is 2.29. The molecule has 0 atom stereocenters. The lowest BCUT2D eigenvalue weighted by molar-refractivity contribution is 0.273. The van der Waals surface area contributed by atoms with E-state index in [-0.39, 0.29) is 5.54 Å². The molecular weight excluding hydrogens is 318 g/mol. The van der Waals surface area contributed by atoms with Crippen molar-refractivity contribution in [2.75, 3.05) is 6.61 Å². The first-order valence-electron chi connectivity index (χ1n) is 11.9. The lowest BCUT2D eigenvalue weighted by Crippen LogP contribution is -2.17. The fourth-order valence-electron chi connectivity index (χ4n) is 4.57. The minimum Gasteiger partial charge on any atom is -0.478 e. The molecule has 0 amide bonds. The molecule has 2 aliphatic rings. The van der Waals surface area contributed by atoms with E-state index >= 15 is 0 Å². The Morgan fingerprint density at radius 2 is 1.27 bits per heavy atom. The third-order valence-corrected chi connectivity index (χ3v) is 6.25. The maximum atomic E-state index is 5.65. The molecule has 0 N–H and O–H groups in total. The molecule has 152 valence electrons.